The SMILES string of the molecule is CC(CNC(=O)c1ccc(N2CCCS2(=O)=O)cc1)CN1CCN(C)CC1. The molecule has 1 amide bonds. The highest BCUT2D eigenvalue weighted by Crippen LogP contribution is 2.24. The van der Waals surface area contributed by atoms with Crippen LogP contribution in [0.3, 0.4) is 0 Å². The highest BCUT2D eigenvalue weighted by atomic mass is 32.2. The molecule has 2 aliphatic heterocycles. The molecular formula is C19H30N4O3S. The van der Waals surface area contributed by atoms with Crippen LogP contribution in [0.2, 0.25) is 0 Å². The zero-order valence-electron chi connectivity index (χ0n) is 16.2. The number of carbonyl (C=O) groups excluding carboxylic acids is 1. The van der Waals surface area contributed by atoms with E-state index in [0.29, 0.717) is 36.7 Å². The van der Waals surface area contributed by atoms with Crippen LogP contribution in [0.5, 0.6) is 0 Å². The number of likely N-dealkylation sites (N-methyl/N-ethyl adjacent to an activating group) is 1. The first-order valence-electron chi connectivity index (χ1n) is 9.65. The average molecular weight is 395 g/mol. The number of carbonyl (C=O) groups is 1. The topological polar surface area (TPSA) is 73.0 Å². The number of benzene rings is 1. The monoisotopic (exact) mass is 394 g/mol. The molecule has 27 heavy (non-hydrogen) atoms. The van der Waals surface area contributed by atoms with Crippen LogP contribution >= 0.6 is 0 Å². The molecule has 1 aromatic rings. The van der Waals surface area contributed by atoms with Gasteiger partial charge in [0.05, 0.1) is 11.4 Å². The molecule has 0 spiro atoms. The van der Waals surface area contributed by atoms with Crippen molar-refractivity contribution in [2.75, 3.05) is 62.9 Å². The Labute approximate surface area is 162 Å². The van der Waals surface area contributed by atoms with Crippen LogP contribution in [0.25, 0.3) is 0 Å². The zero-order chi connectivity index (χ0) is 19.4. The van der Waals surface area contributed by atoms with Crippen LogP contribution in [0, 0.1) is 5.92 Å². The minimum atomic E-state index is -3.19. The third-order valence-electron chi connectivity index (χ3n) is 5.29. The van der Waals surface area contributed by atoms with E-state index in [4.69, 9.17) is 0 Å². The second kappa shape index (κ2) is 8.58. The van der Waals surface area contributed by atoms with Gasteiger partial charge in [-0.2, -0.15) is 0 Å². The second-order valence-electron chi connectivity index (χ2n) is 7.71. The van der Waals surface area contributed by atoms with Crippen LogP contribution < -0.4 is 9.62 Å². The van der Waals surface area contributed by atoms with Crippen LogP contribution in [0.1, 0.15) is 23.7 Å². The van der Waals surface area contributed by atoms with Crippen molar-refractivity contribution < 1.29 is 13.2 Å². The van der Waals surface area contributed by atoms with E-state index in [1.165, 1.54) is 4.31 Å². The number of sulfonamides is 1. The lowest BCUT2D eigenvalue weighted by Gasteiger charge is -2.33. The minimum absolute atomic E-state index is 0.115. The Kier molecular flexibility index (Phi) is 6.39. The minimum Gasteiger partial charge on any atom is -0.352 e. The number of rotatable bonds is 6. The van der Waals surface area contributed by atoms with Gasteiger partial charge in [-0.05, 0) is 43.7 Å². The highest BCUT2D eigenvalue weighted by molar-refractivity contribution is 7.93. The molecule has 2 saturated heterocycles. The fourth-order valence-corrected chi connectivity index (χ4v) is 5.18. The molecule has 0 aromatic heterocycles. The van der Waals surface area contributed by atoms with Gasteiger partial charge in [0, 0.05) is 51.4 Å². The quantitative estimate of drug-likeness (QED) is 0.774. The molecular weight excluding hydrogens is 364 g/mol. The first kappa shape index (κ1) is 20.1. The number of nitrogens with zero attached hydrogens (tertiary/aromatic N) is 3. The van der Waals surface area contributed by atoms with Crippen LogP contribution in [-0.2, 0) is 10.0 Å². The molecule has 1 aromatic carbocycles. The number of piperazine rings is 1. The van der Waals surface area contributed by atoms with Gasteiger partial charge in [0.1, 0.15) is 0 Å². The van der Waals surface area contributed by atoms with E-state index in [1.807, 2.05) is 0 Å². The standard InChI is InChI=1S/C19H30N4O3S/c1-16(15-22-11-9-21(2)10-12-22)14-20-19(24)17-4-6-18(7-5-17)23-8-3-13-27(23,25)26/h4-7,16H,3,8-15H2,1-2H3,(H,20,24). The Hall–Kier alpha value is -1.64. The third kappa shape index (κ3) is 5.21. The Balaban J connectivity index is 1.48. The maximum atomic E-state index is 12.4. The molecule has 2 fully saturated rings. The molecule has 1 unspecified atom stereocenters. The lowest BCUT2D eigenvalue weighted by Crippen LogP contribution is -2.46. The zero-order valence-corrected chi connectivity index (χ0v) is 17.0. The smallest absolute Gasteiger partial charge is 0.251 e. The van der Waals surface area contributed by atoms with E-state index in [1.54, 1.807) is 24.3 Å². The third-order valence-corrected chi connectivity index (χ3v) is 7.16. The second-order valence-corrected chi connectivity index (χ2v) is 9.72. The van der Waals surface area contributed by atoms with E-state index < -0.39 is 10.0 Å². The van der Waals surface area contributed by atoms with Gasteiger partial charge >= 0.3 is 0 Å². The summed E-state index contributed by atoms with van der Waals surface area (Å²) in [7, 11) is -1.04. The van der Waals surface area contributed by atoms with Crippen molar-refractivity contribution in [1.82, 2.24) is 15.1 Å². The van der Waals surface area contributed by atoms with E-state index >= 15 is 0 Å². The van der Waals surface area contributed by atoms with Gasteiger partial charge in [0.25, 0.3) is 5.91 Å². The Morgan fingerprint density at radius 1 is 1.11 bits per heavy atom. The number of anilines is 1. The van der Waals surface area contributed by atoms with Crippen molar-refractivity contribution in [3.63, 3.8) is 0 Å². The predicted octanol–water partition coefficient (Wildman–Crippen LogP) is 0.840. The largest absolute Gasteiger partial charge is 0.352 e. The summed E-state index contributed by atoms with van der Waals surface area (Å²) in [5.74, 6) is 0.461. The van der Waals surface area contributed by atoms with Crippen LogP contribution in [0.15, 0.2) is 24.3 Å². The summed E-state index contributed by atoms with van der Waals surface area (Å²) in [6.45, 7) is 8.63. The lowest BCUT2D eigenvalue weighted by molar-refractivity contribution is 0.0937. The van der Waals surface area contributed by atoms with Gasteiger partial charge in [-0.3, -0.25) is 9.10 Å². The molecule has 0 bridgehead atoms. The maximum Gasteiger partial charge on any atom is 0.251 e. The summed E-state index contributed by atoms with van der Waals surface area (Å²) < 4.78 is 25.4. The molecule has 0 aliphatic carbocycles. The van der Waals surface area contributed by atoms with E-state index in [0.717, 1.165) is 32.7 Å². The summed E-state index contributed by atoms with van der Waals surface area (Å²) in [6.07, 6.45) is 0.649. The van der Waals surface area contributed by atoms with Crippen molar-refractivity contribution in [1.29, 1.82) is 0 Å². The van der Waals surface area contributed by atoms with Gasteiger partial charge in [0.15, 0.2) is 0 Å². The summed E-state index contributed by atoms with van der Waals surface area (Å²) >= 11 is 0. The van der Waals surface area contributed by atoms with Gasteiger partial charge in [0.2, 0.25) is 10.0 Å². The summed E-state index contributed by atoms with van der Waals surface area (Å²) in [5, 5.41) is 2.99. The first-order chi connectivity index (χ1) is 12.8. The first-order valence-corrected chi connectivity index (χ1v) is 11.3. The number of hydrogen-bond acceptors (Lipinski definition) is 5. The molecule has 0 saturated carbocycles. The normalized spacial score (nSPS) is 21.9. The van der Waals surface area contributed by atoms with Gasteiger partial charge in [-0.25, -0.2) is 8.42 Å². The summed E-state index contributed by atoms with van der Waals surface area (Å²) in [6, 6.07) is 6.82. The number of amides is 1. The average Bonchev–Trinajstić information content (AvgIpc) is 3.01. The van der Waals surface area contributed by atoms with Crippen molar-refractivity contribution in [2.24, 2.45) is 5.92 Å². The summed E-state index contributed by atoms with van der Waals surface area (Å²) in [5.41, 5.74) is 1.19. The van der Waals surface area contributed by atoms with E-state index in [9.17, 15) is 13.2 Å². The predicted molar refractivity (Wildman–Crippen MR) is 108 cm³/mol. The summed E-state index contributed by atoms with van der Waals surface area (Å²) in [4.78, 5) is 17.2. The molecule has 8 heteroatoms. The lowest BCUT2D eigenvalue weighted by atomic mass is 10.1. The molecule has 7 nitrogen and oxygen atoms in total. The fourth-order valence-electron chi connectivity index (χ4n) is 3.61. The van der Waals surface area contributed by atoms with Crippen molar-refractivity contribution in [3.05, 3.63) is 29.8 Å². The van der Waals surface area contributed by atoms with E-state index in [2.05, 4.69) is 29.1 Å². The highest BCUT2D eigenvalue weighted by Gasteiger charge is 2.28. The Morgan fingerprint density at radius 3 is 2.37 bits per heavy atom. The van der Waals surface area contributed by atoms with Crippen molar-refractivity contribution >= 4 is 21.6 Å². The van der Waals surface area contributed by atoms with Crippen molar-refractivity contribution in [3.8, 4) is 0 Å². The van der Waals surface area contributed by atoms with Crippen LogP contribution in [-0.4, -0.2) is 82.7 Å². The molecule has 2 heterocycles. The molecule has 150 valence electrons. The van der Waals surface area contributed by atoms with Gasteiger partial charge in [-0.15, -0.1) is 0 Å². The molecule has 2 aliphatic rings. The maximum absolute atomic E-state index is 12.4. The number of nitrogens with one attached hydrogen (secondary N) is 1. The van der Waals surface area contributed by atoms with Crippen LogP contribution in [0.4, 0.5) is 5.69 Å². The molecule has 3 rings (SSSR count). The molecule has 1 atom stereocenters. The molecule has 0 radical (unpaired) electrons. The Morgan fingerprint density at radius 2 is 1.78 bits per heavy atom. The molecule has 1 N–H and O–H groups in total. The number of hydrogen-bond donors (Lipinski definition) is 1. The van der Waals surface area contributed by atoms with Gasteiger partial charge < -0.3 is 15.1 Å². The van der Waals surface area contributed by atoms with Crippen molar-refractivity contribution in [2.45, 2.75) is 13.3 Å². The Bertz CT molecular complexity index is 743. The fraction of sp³-hybridized carbons (Fsp3) is 0.632. The van der Waals surface area contributed by atoms with E-state index in [-0.39, 0.29) is 11.7 Å². The van der Waals surface area contributed by atoms with Gasteiger partial charge in [-0.1, -0.05) is 6.92 Å².